The number of likely N-dealkylation sites (N-methyl/N-ethyl adjacent to an activating group) is 1. The van der Waals surface area contributed by atoms with Gasteiger partial charge in [-0.1, -0.05) is 42.5 Å². The van der Waals surface area contributed by atoms with Crippen LogP contribution in [0.3, 0.4) is 0 Å². The molecule has 0 radical (unpaired) electrons. The highest BCUT2D eigenvalue weighted by atomic mass is 19.1. The van der Waals surface area contributed by atoms with Gasteiger partial charge >= 0.3 is 6.03 Å². The molecule has 0 aliphatic carbocycles. The van der Waals surface area contributed by atoms with Crippen LogP contribution in [0.2, 0.25) is 0 Å². The highest BCUT2D eigenvalue weighted by molar-refractivity contribution is 6.09. The van der Waals surface area contributed by atoms with Gasteiger partial charge in [0.25, 0.3) is 5.91 Å². The predicted octanol–water partition coefficient (Wildman–Crippen LogP) is 3.64. The minimum atomic E-state index is -1.40. The molecule has 4 N–H and O–H groups in total. The topological polar surface area (TPSA) is 99.8 Å². The molecule has 1 aliphatic heterocycles. The van der Waals surface area contributed by atoms with Gasteiger partial charge in [-0.2, -0.15) is 0 Å². The molecule has 162 valence electrons. The smallest absolute Gasteiger partial charge is 0.323 e. The second-order valence-corrected chi connectivity index (χ2v) is 7.23. The molecule has 1 unspecified atom stereocenters. The van der Waals surface area contributed by atoms with Crippen molar-refractivity contribution in [2.45, 2.75) is 5.54 Å². The molecular weight excluding hydrogens is 416 g/mol. The molecule has 0 saturated carbocycles. The van der Waals surface area contributed by atoms with Crippen molar-refractivity contribution in [1.29, 1.82) is 0 Å². The molecule has 32 heavy (non-hydrogen) atoms. The van der Waals surface area contributed by atoms with Crippen molar-refractivity contribution >= 4 is 29.3 Å². The van der Waals surface area contributed by atoms with E-state index in [2.05, 4.69) is 15.6 Å². The summed E-state index contributed by atoms with van der Waals surface area (Å²) in [5.74, 6) is -1.89. The maximum absolute atomic E-state index is 13.4. The molecule has 0 aromatic heterocycles. The molecule has 3 aromatic carbocycles. The Kier molecular flexibility index (Phi) is 5.31. The first-order valence-corrected chi connectivity index (χ1v) is 9.63. The Morgan fingerprint density at radius 3 is 2.16 bits per heavy atom. The lowest BCUT2D eigenvalue weighted by molar-refractivity contribution is -0.129. The summed E-state index contributed by atoms with van der Waals surface area (Å²) in [6, 6.07) is 17.5. The number of anilines is 2. The third-order valence-electron chi connectivity index (χ3n) is 5.09. The normalized spacial score (nSPS) is 17.8. The fourth-order valence-corrected chi connectivity index (χ4v) is 3.60. The second-order valence-electron chi connectivity index (χ2n) is 7.23. The summed E-state index contributed by atoms with van der Waals surface area (Å²) in [5, 5.41) is 4.97. The maximum Gasteiger partial charge on any atom is 0.323 e. The highest BCUT2D eigenvalue weighted by Crippen LogP contribution is 2.39. The number of halogens is 2. The number of rotatable bonds is 4. The first kappa shape index (κ1) is 21.0. The number of amides is 3. The number of hydrogen-bond acceptors (Lipinski definition) is 4. The van der Waals surface area contributed by atoms with E-state index in [1.165, 1.54) is 4.90 Å². The van der Waals surface area contributed by atoms with Gasteiger partial charge in [0.2, 0.25) is 0 Å². The fraction of sp³-hybridized carbons (Fsp3) is 0.0870. The Balaban J connectivity index is 1.66. The van der Waals surface area contributed by atoms with Crippen LogP contribution in [0.1, 0.15) is 11.1 Å². The van der Waals surface area contributed by atoms with Gasteiger partial charge in [-0.3, -0.25) is 9.69 Å². The average molecular weight is 435 g/mol. The summed E-state index contributed by atoms with van der Waals surface area (Å²) in [6.07, 6.45) is 0. The van der Waals surface area contributed by atoms with E-state index in [0.717, 1.165) is 12.1 Å². The van der Waals surface area contributed by atoms with Crippen LogP contribution >= 0.6 is 0 Å². The van der Waals surface area contributed by atoms with Crippen LogP contribution < -0.4 is 16.4 Å². The van der Waals surface area contributed by atoms with Crippen molar-refractivity contribution < 1.29 is 18.4 Å². The van der Waals surface area contributed by atoms with Crippen LogP contribution in [0.15, 0.2) is 77.8 Å². The van der Waals surface area contributed by atoms with E-state index in [-0.39, 0.29) is 17.6 Å². The van der Waals surface area contributed by atoms with Crippen LogP contribution in [-0.2, 0) is 10.3 Å². The van der Waals surface area contributed by atoms with Crippen molar-refractivity contribution in [3.63, 3.8) is 0 Å². The first-order valence-electron chi connectivity index (χ1n) is 9.63. The molecule has 7 nitrogen and oxygen atoms in total. The Labute approximate surface area is 182 Å². The van der Waals surface area contributed by atoms with Crippen LogP contribution in [0, 0.1) is 11.6 Å². The lowest BCUT2D eigenvalue weighted by atomic mass is 9.82. The van der Waals surface area contributed by atoms with Gasteiger partial charge in [0.05, 0.1) is 0 Å². The number of guanidine groups is 1. The van der Waals surface area contributed by atoms with E-state index < -0.39 is 23.2 Å². The number of carbonyl (C=O) groups excluding carboxylic acids is 2. The molecule has 0 spiro atoms. The molecule has 0 fully saturated rings. The summed E-state index contributed by atoms with van der Waals surface area (Å²) in [5.41, 5.74) is 5.99. The van der Waals surface area contributed by atoms with Crippen molar-refractivity contribution in [2.75, 3.05) is 17.7 Å². The lowest BCUT2D eigenvalue weighted by Gasteiger charge is -2.26. The largest absolute Gasteiger partial charge is 0.369 e. The summed E-state index contributed by atoms with van der Waals surface area (Å²) in [6.45, 7) is 0. The standard InChI is InChI=1S/C23H19F2N5O2/c1-30-20(31)23(29-21(30)26,14-6-3-2-4-7-14)15-8-5-9-18(10-15)27-22(32)28-19-12-16(24)11-17(25)13-19/h2-13H,1H3,(H2,26,29)(H2,27,28,32). The van der Waals surface area contributed by atoms with Crippen LogP contribution in [-0.4, -0.2) is 29.8 Å². The molecule has 3 aromatic rings. The Morgan fingerprint density at radius 1 is 0.906 bits per heavy atom. The minimum Gasteiger partial charge on any atom is -0.369 e. The van der Waals surface area contributed by atoms with Crippen molar-refractivity contribution in [2.24, 2.45) is 10.7 Å². The number of urea groups is 1. The molecular formula is C23H19F2N5O2. The average Bonchev–Trinajstić information content (AvgIpc) is 2.98. The molecule has 0 saturated heterocycles. The summed E-state index contributed by atoms with van der Waals surface area (Å²) in [7, 11) is 1.54. The van der Waals surface area contributed by atoms with E-state index >= 15 is 0 Å². The first-order chi connectivity index (χ1) is 15.3. The zero-order valence-corrected chi connectivity index (χ0v) is 17.0. The van der Waals surface area contributed by atoms with Gasteiger partial charge in [-0.25, -0.2) is 18.6 Å². The van der Waals surface area contributed by atoms with Crippen molar-refractivity contribution in [3.8, 4) is 0 Å². The maximum atomic E-state index is 13.4. The van der Waals surface area contributed by atoms with Crippen LogP contribution in [0.25, 0.3) is 0 Å². The number of nitrogens with two attached hydrogens (primary N) is 1. The van der Waals surface area contributed by atoms with E-state index in [0.29, 0.717) is 22.9 Å². The number of carbonyl (C=O) groups is 2. The summed E-state index contributed by atoms with van der Waals surface area (Å²) >= 11 is 0. The molecule has 0 bridgehead atoms. The fourth-order valence-electron chi connectivity index (χ4n) is 3.60. The van der Waals surface area contributed by atoms with Gasteiger partial charge in [0.15, 0.2) is 11.5 Å². The van der Waals surface area contributed by atoms with Gasteiger partial charge in [0.1, 0.15) is 11.6 Å². The van der Waals surface area contributed by atoms with Gasteiger partial charge in [0, 0.05) is 24.5 Å². The van der Waals surface area contributed by atoms with E-state index in [1.54, 1.807) is 55.6 Å². The number of hydrogen-bond donors (Lipinski definition) is 3. The lowest BCUT2D eigenvalue weighted by Crippen LogP contribution is -2.41. The van der Waals surface area contributed by atoms with E-state index in [9.17, 15) is 18.4 Å². The van der Waals surface area contributed by atoms with Gasteiger partial charge in [-0.15, -0.1) is 0 Å². The predicted molar refractivity (Wildman–Crippen MR) is 117 cm³/mol. The van der Waals surface area contributed by atoms with E-state index in [4.69, 9.17) is 5.73 Å². The van der Waals surface area contributed by atoms with Crippen LogP contribution in [0.4, 0.5) is 25.0 Å². The Morgan fingerprint density at radius 2 is 1.53 bits per heavy atom. The monoisotopic (exact) mass is 435 g/mol. The molecule has 1 atom stereocenters. The number of benzene rings is 3. The van der Waals surface area contributed by atoms with Crippen LogP contribution in [0.5, 0.6) is 0 Å². The minimum absolute atomic E-state index is 0.0399. The van der Waals surface area contributed by atoms with E-state index in [1.807, 2.05) is 6.07 Å². The summed E-state index contributed by atoms with van der Waals surface area (Å²) < 4.78 is 26.7. The quantitative estimate of drug-likeness (QED) is 0.583. The number of aliphatic imine (C=N–C) groups is 1. The third-order valence-corrected chi connectivity index (χ3v) is 5.09. The molecule has 1 aliphatic rings. The number of nitrogens with one attached hydrogen (secondary N) is 2. The second kappa shape index (κ2) is 8.10. The van der Waals surface area contributed by atoms with Crippen molar-refractivity contribution in [3.05, 3.63) is 95.6 Å². The number of nitrogens with zero attached hydrogens (tertiary/aromatic N) is 2. The zero-order chi connectivity index (χ0) is 22.9. The summed E-state index contributed by atoms with van der Waals surface area (Å²) in [4.78, 5) is 31.4. The molecule has 3 amide bonds. The van der Waals surface area contributed by atoms with Gasteiger partial charge in [-0.05, 0) is 35.4 Å². The molecule has 4 rings (SSSR count). The highest BCUT2D eigenvalue weighted by Gasteiger charge is 2.49. The van der Waals surface area contributed by atoms with Gasteiger partial charge < -0.3 is 16.4 Å². The van der Waals surface area contributed by atoms with Crippen molar-refractivity contribution in [1.82, 2.24) is 4.90 Å². The Bertz CT molecular complexity index is 1210. The third kappa shape index (κ3) is 3.76. The Hall–Kier alpha value is -4.27. The molecule has 9 heteroatoms. The molecule has 1 heterocycles. The SMILES string of the molecule is CN1C(=O)C(c2ccccc2)(c2cccc(NC(=O)Nc3cc(F)cc(F)c3)c2)N=C1N. The zero-order valence-electron chi connectivity index (χ0n) is 17.0.